The van der Waals surface area contributed by atoms with Crippen molar-refractivity contribution in [2.24, 2.45) is 0 Å². The number of aromatic nitrogens is 1. The number of carbonyl (C=O) groups excluding carboxylic acids is 1. The number of nitrogens with one attached hydrogen (secondary N) is 1. The minimum absolute atomic E-state index is 0.0532. The molecule has 1 unspecified atom stereocenters. The molecule has 1 aromatic heterocycles. The first-order chi connectivity index (χ1) is 13.0. The summed E-state index contributed by atoms with van der Waals surface area (Å²) in [6.07, 6.45) is 0.866. The Hall–Kier alpha value is -1.45. The first-order valence-electron chi connectivity index (χ1n) is 8.72. The fraction of sp³-hybridized carbons (Fsp3) is 0.368. The first-order valence-corrected chi connectivity index (χ1v) is 10.3. The summed E-state index contributed by atoms with van der Waals surface area (Å²) in [5.74, 6) is -1.23. The summed E-state index contributed by atoms with van der Waals surface area (Å²) in [4.78, 5) is 18.1. The number of hydrogen-bond acceptors (Lipinski definition) is 5. The summed E-state index contributed by atoms with van der Waals surface area (Å²) >= 11 is 8.46. The van der Waals surface area contributed by atoms with Gasteiger partial charge in [-0.2, -0.15) is 0 Å². The van der Waals surface area contributed by atoms with Crippen molar-refractivity contribution in [2.75, 3.05) is 25.0 Å². The highest BCUT2D eigenvalue weighted by Crippen LogP contribution is 2.32. The molecule has 3 rings (SSSR count). The third-order valence-electron chi connectivity index (χ3n) is 4.38. The topological polar surface area (TPSA) is 54.5 Å². The van der Waals surface area contributed by atoms with Crippen LogP contribution in [-0.2, 0) is 4.74 Å². The number of nitrogens with zero attached hydrogens (tertiary/aromatic N) is 2. The van der Waals surface area contributed by atoms with E-state index in [-0.39, 0.29) is 33.2 Å². The Bertz CT molecular complexity index is 809. The monoisotopic (exact) mass is 503 g/mol. The average Bonchev–Trinajstić information content (AvgIpc) is 3.13. The lowest BCUT2D eigenvalue weighted by Gasteiger charge is -2.23. The van der Waals surface area contributed by atoms with Gasteiger partial charge in [0.15, 0.2) is 11.6 Å². The number of alkyl halides is 1. The predicted molar refractivity (Wildman–Crippen MR) is 112 cm³/mol. The molecule has 0 aliphatic carbocycles. The number of benzene rings is 1. The number of hydrogen-bond donors (Lipinski definition) is 1. The van der Waals surface area contributed by atoms with Gasteiger partial charge in [0.05, 0.1) is 10.7 Å². The number of carbonyl (C=O) groups is 1. The fourth-order valence-corrected chi connectivity index (χ4v) is 4.18. The van der Waals surface area contributed by atoms with Crippen molar-refractivity contribution in [1.82, 2.24) is 9.88 Å². The van der Waals surface area contributed by atoms with E-state index >= 15 is 0 Å². The molecular formula is C19H20ClFIN3O2. The molecule has 0 saturated carbocycles. The smallest absolute Gasteiger partial charge is 0.341 e. The Morgan fingerprint density at radius 3 is 2.93 bits per heavy atom. The van der Waals surface area contributed by atoms with Gasteiger partial charge >= 0.3 is 5.97 Å². The SMILES string of the molecule is CCOC(=O)c1cc(F)c(N[C@@H]2CCN(C(I)c3ccccc3)C2)nc1Cl. The number of likely N-dealkylation sites (tertiary alicyclic amines) is 1. The summed E-state index contributed by atoms with van der Waals surface area (Å²) in [6, 6.07) is 11.4. The Kier molecular flexibility index (Phi) is 6.88. The summed E-state index contributed by atoms with van der Waals surface area (Å²) in [6.45, 7) is 3.53. The van der Waals surface area contributed by atoms with Gasteiger partial charge in [0.1, 0.15) is 10.7 Å². The maximum absolute atomic E-state index is 14.4. The molecule has 0 bridgehead atoms. The van der Waals surface area contributed by atoms with E-state index in [1.54, 1.807) is 6.92 Å². The highest BCUT2D eigenvalue weighted by atomic mass is 127. The van der Waals surface area contributed by atoms with E-state index < -0.39 is 11.8 Å². The van der Waals surface area contributed by atoms with Crippen molar-refractivity contribution in [3.63, 3.8) is 0 Å². The van der Waals surface area contributed by atoms with Gasteiger partial charge in [0.25, 0.3) is 0 Å². The predicted octanol–water partition coefficient (Wildman–Crippen LogP) is 4.67. The fourth-order valence-electron chi connectivity index (χ4n) is 3.05. The average molecular weight is 504 g/mol. The van der Waals surface area contributed by atoms with Gasteiger partial charge in [-0.1, -0.05) is 64.5 Å². The van der Waals surface area contributed by atoms with Crippen LogP contribution in [-0.4, -0.2) is 41.6 Å². The summed E-state index contributed by atoms with van der Waals surface area (Å²) in [5, 5.41) is 3.05. The van der Waals surface area contributed by atoms with E-state index in [1.807, 2.05) is 18.2 Å². The third-order valence-corrected chi connectivity index (χ3v) is 6.18. The zero-order valence-electron chi connectivity index (χ0n) is 14.8. The van der Waals surface area contributed by atoms with Crippen LogP contribution in [0.4, 0.5) is 10.2 Å². The third kappa shape index (κ3) is 4.89. The molecule has 1 fully saturated rings. The van der Waals surface area contributed by atoms with Crippen LogP contribution in [0.15, 0.2) is 36.4 Å². The van der Waals surface area contributed by atoms with Crippen molar-refractivity contribution >= 4 is 46.0 Å². The summed E-state index contributed by atoms with van der Waals surface area (Å²) in [5.41, 5.74) is 1.18. The van der Waals surface area contributed by atoms with E-state index in [9.17, 15) is 9.18 Å². The molecule has 1 aromatic carbocycles. The maximum Gasteiger partial charge on any atom is 0.341 e. The molecule has 2 atom stereocenters. The second-order valence-electron chi connectivity index (χ2n) is 6.25. The highest BCUT2D eigenvalue weighted by molar-refractivity contribution is 14.1. The van der Waals surface area contributed by atoms with Gasteiger partial charge in [-0.05, 0) is 25.0 Å². The maximum atomic E-state index is 14.4. The number of rotatable bonds is 6. The Morgan fingerprint density at radius 2 is 2.22 bits per heavy atom. The molecule has 1 N–H and O–H groups in total. The molecule has 27 heavy (non-hydrogen) atoms. The molecular weight excluding hydrogens is 484 g/mol. The van der Waals surface area contributed by atoms with Crippen LogP contribution in [0.25, 0.3) is 0 Å². The second kappa shape index (κ2) is 9.16. The molecule has 0 spiro atoms. The largest absolute Gasteiger partial charge is 0.462 e. The Balaban J connectivity index is 1.66. The van der Waals surface area contributed by atoms with E-state index in [1.165, 1.54) is 5.56 Å². The lowest BCUT2D eigenvalue weighted by molar-refractivity contribution is 0.0525. The molecule has 5 nitrogen and oxygen atoms in total. The van der Waals surface area contributed by atoms with Gasteiger partial charge in [0.2, 0.25) is 0 Å². The van der Waals surface area contributed by atoms with Gasteiger partial charge < -0.3 is 10.1 Å². The van der Waals surface area contributed by atoms with Crippen molar-refractivity contribution in [3.05, 3.63) is 58.5 Å². The van der Waals surface area contributed by atoms with Gasteiger partial charge in [-0.25, -0.2) is 14.2 Å². The normalized spacial score (nSPS) is 18.3. The minimum atomic E-state index is -0.678. The first kappa shape index (κ1) is 20.3. The molecule has 1 saturated heterocycles. The molecule has 2 heterocycles. The number of anilines is 1. The van der Waals surface area contributed by atoms with Crippen molar-refractivity contribution in [2.45, 2.75) is 23.4 Å². The number of halogens is 3. The summed E-state index contributed by atoms with van der Waals surface area (Å²) in [7, 11) is 0. The lowest BCUT2D eigenvalue weighted by atomic mass is 10.2. The van der Waals surface area contributed by atoms with Gasteiger partial charge in [-0.15, -0.1) is 0 Å². The molecule has 8 heteroatoms. The van der Waals surface area contributed by atoms with E-state index in [0.717, 1.165) is 25.6 Å². The Labute approximate surface area is 176 Å². The highest BCUT2D eigenvalue weighted by Gasteiger charge is 2.29. The quantitative estimate of drug-likeness (QED) is 0.204. The lowest BCUT2D eigenvalue weighted by Crippen LogP contribution is -2.28. The second-order valence-corrected chi connectivity index (χ2v) is 7.79. The minimum Gasteiger partial charge on any atom is -0.462 e. The zero-order chi connectivity index (χ0) is 19.4. The van der Waals surface area contributed by atoms with Crippen LogP contribution in [0.1, 0.15) is 33.3 Å². The molecule has 0 radical (unpaired) electrons. The van der Waals surface area contributed by atoms with Crippen molar-refractivity contribution in [1.29, 1.82) is 0 Å². The van der Waals surface area contributed by atoms with Gasteiger partial charge in [0, 0.05) is 19.1 Å². The van der Waals surface area contributed by atoms with E-state index in [0.29, 0.717) is 0 Å². The van der Waals surface area contributed by atoms with Crippen LogP contribution in [0.2, 0.25) is 5.15 Å². The molecule has 0 amide bonds. The molecule has 1 aliphatic rings. The van der Waals surface area contributed by atoms with Gasteiger partial charge in [-0.3, -0.25) is 4.90 Å². The van der Waals surface area contributed by atoms with Crippen LogP contribution in [0.5, 0.6) is 0 Å². The van der Waals surface area contributed by atoms with Crippen LogP contribution >= 0.6 is 34.2 Å². The van der Waals surface area contributed by atoms with Crippen LogP contribution < -0.4 is 5.32 Å². The number of esters is 1. The molecule has 144 valence electrons. The number of pyridine rings is 1. The van der Waals surface area contributed by atoms with E-state index in [2.05, 4.69) is 49.9 Å². The van der Waals surface area contributed by atoms with Crippen LogP contribution in [0.3, 0.4) is 0 Å². The van der Waals surface area contributed by atoms with Crippen LogP contribution in [0, 0.1) is 5.82 Å². The number of ether oxygens (including phenoxy) is 1. The van der Waals surface area contributed by atoms with Crippen molar-refractivity contribution in [3.8, 4) is 0 Å². The molecule has 1 aliphatic heterocycles. The zero-order valence-corrected chi connectivity index (χ0v) is 17.7. The van der Waals surface area contributed by atoms with Crippen molar-refractivity contribution < 1.29 is 13.9 Å². The standard InChI is InChI=1S/C19H20ClFIN3O2/c1-2-27-19(26)14-10-15(21)18(24-16(14)20)23-13-8-9-25(11-13)17(22)12-6-4-3-5-7-12/h3-7,10,13,17H,2,8-9,11H2,1H3,(H,23,24)/t13-,17?/m1/s1. The summed E-state index contributed by atoms with van der Waals surface area (Å²) < 4.78 is 19.5. The molecule has 2 aromatic rings. The van der Waals surface area contributed by atoms with E-state index in [4.69, 9.17) is 16.3 Å². The Morgan fingerprint density at radius 1 is 1.48 bits per heavy atom.